The van der Waals surface area contributed by atoms with Crippen molar-refractivity contribution in [2.24, 2.45) is 0 Å². The first-order chi connectivity index (χ1) is 7.27. The number of rotatable bonds is 4. The van der Waals surface area contributed by atoms with E-state index in [2.05, 4.69) is 17.3 Å². The molecule has 0 radical (unpaired) electrons. The second-order valence-corrected chi connectivity index (χ2v) is 3.38. The van der Waals surface area contributed by atoms with Gasteiger partial charge in [-0.25, -0.2) is 0 Å². The van der Waals surface area contributed by atoms with Crippen molar-refractivity contribution in [3.05, 3.63) is 35.9 Å². The predicted octanol–water partition coefficient (Wildman–Crippen LogP) is 2.25. The van der Waals surface area contributed by atoms with Gasteiger partial charge in [0, 0.05) is 6.04 Å². The summed E-state index contributed by atoms with van der Waals surface area (Å²) in [7, 11) is 0. The summed E-state index contributed by atoms with van der Waals surface area (Å²) in [4.78, 5) is 0. The highest BCUT2D eigenvalue weighted by Crippen LogP contribution is 2.12. The molecule has 0 bridgehead atoms. The van der Waals surface area contributed by atoms with Gasteiger partial charge in [0.25, 0.3) is 0 Å². The first-order valence-corrected chi connectivity index (χ1v) is 4.92. The van der Waals surface area contributed by atoms with Gasteiger partial charge in [-0.1, -0.05) is 36.3 Å². The van der Waals surface area contributed by atoms with Crippen molar-refractivity contribution in [3.63, 3.8) is 0 Å². The fourth-order valence-corrected chi connectivity index (χ4v) is 1.40. The lowest BCUT2D eigenvalue weighted by molar-refractivity contribution is 0.527. The molecule has 1 aromatic rings. The van der Waals surface area contributed by atoms with Gasteiger partial charge in [0.1, 0.15) is 0 Å². The molecule has 0 aliphatic rings. The van der Waals surface area contributed by atoms with E-state index in [9.17, 15) is 0 Å². The number of nitrogens with zero attached hydrogens (tertiary/aromatic N) is 1. The van der Waals surface area contributed by atoms with Crippen LogP contribution in [-0.4, -0.2) is 6.04 Å². The maximum absolute atomic E-state index is 8.57. The Morgan fingerprint density at radius 1 is 1.40 bits per heavy atom. The van der Waals surface area contributed by atoms with Crippen LogP contribution in [0.5, 0.6) is 0 Å². The molecule has 0 aromatic heterocycles. The molecule has 0 saturated heterocycles. The van der Waals surface area contributed by atoms with Crippen LogP contribution in [0.4, 0.5) is 0 Å². The summed E-state index contributed by atoms with van der Waals surface area (Å²) in [6.07, 6.45) is 5.66. The molecule has 0 fully saturated rings. The minimum Gasteiger partial charge on any atom is -0.296 e. The van der Waals surface area contributed by atoms with Gasteiger partial charge >= 0.3 is 0 Å². The third-order valence-electron chi connectivity index (χ3n) is 2.25. The third-order valence-corrected chi connectivity index (χ3v) is 2.25. The molecule has 1 N–H and O–H groups in total. The van der Waals surface area contributed by atoms with Gasteiger partial charge in [-0.3, -0.25) is 5.32 Å². The fourth-order valence-electron chi connectivity index (χ4n) is 1.40. The number of nitrogens with one attached hydrogen (secondary N) is 1. The molecule has 2 atom stereocenters. The molecule has 0 spiro atoms. The molecular formula is C13H14N2. The van der Waals surface area contributed by atoms with E-state index in [-0.39, 0.29) is 12.1 Å². The molecule has 0 amide bonds. The van der Waals surface area contributed by atoms with Crippen LogP contribution >= 0.6 is 0 Å². The normalized spacial score (nSPS) is 13.5. The highest BCUT2D eigenvalue weighted by molar-refractivity contribution is 5.19. The lowest BCUT2D eigenvalue weighted by Crippen LogP contribution is -2.29. The van der Waals surface area contributed by atoms with Gasteiger partial charge < -0.3 is 0 Å². The van der Waals surface area contributed by atoms with Crippen molar-refractivity contribution in [2.75, 3.05) is 0 Å². The minimum atomic E-state index is -0.176. The number of hydrogen-bond acceptors (Lipinski definition) is 2. The van der Waals surface area contributed by atoms with E-state index in [0.717, 1.165) is 0 Å². The first kappa shape index (κ1) is 11.3. The molecule has 0 saturated carbocycles. The van der Waals surface area contributed by atoms with E-state index in [0.29, 0.717) is 6.42 Å². The molecule has 0 aliphatic heterocycles. The van der Waals surface area contributed by atoms with Crippen LogP contribution in [0.1, 0.15) is 24.9 Å². The third kappa shape index (κ3) is 3.46. The quantitative estimate of drug-likeness (QED) is 0.753. The zero-order chi connectivity index (χ0) is 11.1. The largest absolute Gasteiger partial charge is 0.296 e. The van der Waals surface area contributed by atoms with Crippen molar-refractivity contribution >= 4 is 0 Å². The molecular weight excluding hydrogens is 184 g/mol. The lowest BCUT2D eigenvalue weighted by atomic mass is 10.1. The average molecular weight is 198 g/mol. The van der Waals surface area contributed by atoms with Gasteiger partial charge in [-0.2, -0.15) is 5.26 Å². The van der Waals surface area contributed by atoms with Crippen molar-refractivity contribution in [3.8, 4) is 18.4 Å². The Labute approximate surface area is 90.9 Å². The van der Waals surface area contributed by atoms with E-state index in [1.165, 1.54) is 5.56 Å². The number of hydrogen-bond donors (Lipinski definition) is 1. The van der Waals surface area contributed by atoms with Crippen LogP contribution in [0.3, 0.4) is 0 Å². The molecule has 2 unspecified atom stereocenters. The molecule has 2 nitrogen and oxygen atoms in total. The van der Waals surface area contributed by atoms with Gasteiger partial charge in [0.2, 0.25) is 0 Å². The summed E-state index contributed by atoms with van der Waals surface area (Å²) in [5, 5.41) is 11.8. The standard InChI is InChI=1S/C13H14N2/c1-3-13(9-10-14)15-11(2)12-7-5-4-6-8-12/h1,4-8,11,13,15H,9H2,2H3. The minimum absolute atomic E-state index is 0.167. The van der Waals surface area contributed by atoms with Crippen molar-refractivity contribution in [1.29, 1.82) is 5.26 Å². The summed E-state index contributed by atoms with van der Waals surface area (Å²) in [5.41, 5.74) is 1.18. The first-order valence-electron chi connectivity index (χ1n) is 4.92. The second kappa shape index (κ2) is 5.86. The van der Waals surface area contributed by atoms with Crippen molar-refractivity contribution in [1.82, 2.24) is 5.32 Å². The van der Waals surface area contributed by atoms with Crippen LogP contribution in [0.15, 0.2) is 30.3 Å². The highest BCUT2D eigenvalue weighted by atomic mass is 14.9. The lowest BCUT2D eigenvalue weighted by Gasteiger charge is -2.17. The Morgan fingerprint density at radius 2 is 2.07 bits per heavy atom. The van der Waals surface area contributed by atoms with Gasteiger partial charge in [-0.05, 0) is 12.5 Å². The maximum Gasteiger partial charge on any atom is 0.0823 e. The summed E-state index contributed by atoms with van der Waals surface area (Å²) in [6.45, 7) is 2.04. The zero-order valence-corrected chi connectivity index (χ0v) is 8.77. The molecule has 2 heteroatoms. The highest BCUT2D eigenvalue weighted by Gasteiger charge is 2.09. The Bertz CT molecular complexity index is 370. The van der Waals surface area contributed by atoms with Crippen LogP contribution in [0.2, 0.25) is 0 Å². The van der Waals surface area contributed by atoms with Crippen LogP contribution in [-0.2, 0) is 0 Å². The van der Waals surface area contributed by atoms with E-state index >= 15 is 0 Å². The second-order valence-electron chi connectivity index (χ2n) is 3.38. The van der Waals surface area contributed by atoms with Gasteiger partial charge in [0.05, 0.1) is 18.5 Å². The van der Waals surface area contributed by atoms with Crippen LogP contribution < -0.4 is 5.32 Å². The number of benzene rings is 1. The zero-order valence-electron chi connectivity index (χ0n) is 8.77. The summed E-state index contributed by atoms with van der Waals surface area (Å²) < 4.78 is 0. The van der Waals surface area contributed by atoms with E-state index in [1.807, 2.05) is 37.3 Å². The van der Waals surface area contributed by atoms with E-state index in [4.69, 9.17) is 11.7 Å². The van der Waals surface area contributed by atoms with Crippen LogP contribution in [0, 0.1) is 23.7 Å². The SMILES string of the molecule is C#CC(CC#N)NC(C)c1ccccc1. The smallest absolute Gasteiger partial charge is 0.0823 e. The number of nitriles is 1. The molecule has 0 heterocycles. The Hall–Kier alpha value is -1.77. The topological polar surface area (TPSA) is 35.8 Å². The monoisotopic (exact) mass is 198 g/mol. The molecule has 15 heavy (non-hydrogen) atoms. The molecule has 1 aromatic carbocycles. The summed E-state index contributed by atoms with van der Waals surface area (Å²) in [6, 6.07) is 12.1. The molecule has 1 rings (SSSR count). The van der Waals surface area contributed by atoms with E-state index in [1.54, 1.807) is 0 Å². The predicted molar refractivity (Wildman–Crippen MR) is 60.8 cm³/mol. The van der Waals surface area contributed by atoms with Crippen LogP contribution in [0.25, 0.3) is 0 Å². The Kier molecular flexibility index (Phi) is 4.41. The fraction of sp³-hybridized carbons (Fsp3) is 0.308. The van der Waals surface area contributed by atoms with Gasteiger partial charge in [-0.15, -0.1) is 6.42 Å². The van der Waals surface area contributed by atoms with E-state index < -0.39 is 0 Å². The van der Waals surface area contributed by atoms with Gasteiger partial charge in [0.15, 0.2) is 0 Å². The summed E-state index contributed by atoms with van der Waals surface area (Å²) in [5.74, 6) is 2.57. The molecule has 76 valence electrons. The Morgan fingerprint density at radius 3 is 2.60 bits per heavy atom. The summed E-state index contributed by atoms with van der Waals surface area (Å²) >= 11 is 0. The van der Waals surface area contributed by atoms with Crippen molar-refractivity contribution < 1.29 is 0 Å². The van der Waals surface area contributed by atoms with Crippen molar-refractivity contribution in [2.45, 2.75) is 25.4 Å². The average Bonchev–Trinajstić information content (AvgIpc) is 2.29. The number of terminal acetylenes is 1. The molecule has 0 aliphatic carbocycles. The maximum atomic E-state index is 8.57. The Balaban J connectivity index is 2.60.